The van der Waals surface area contributed by atoms with E-state index in [4.69, 9.17) is 0 Å². The van der Waals surface area contributed by atoms with Crippen LogP contribution in [0.3, 0.4) is 0 Å². The van der Waals surface area contributed by atoms with Crippen molar-refractivity contribution in [2.24, 2.45) is 0 Å². The molecule has 0 aliphatic rings. The summed E-state index contributed by atoms with van der Waals surface area (Å²) in [7, 11) is 0. The van der Waals surface area contributed by atoms with Gasteiger partial charge in [-0.2, -0.15) is 0 Å². The Bertz CT molecular complexity index is 771. The maximum absolute atomic E-state index is 12.8. The highest BCUT2D eigenvalue weighted by atomic mass is 19.1. The van der Waals surface area contributed by atoms with Crippen LogP contribution in [0.4, 0.5) is 10.1 Å². The molecule has 1 N–H and O–H groups in total. The van der Waals surface area contributed by atoms with Gasteiger partial charge in [0.1, 0.15) is 5.82 Å². The molecule has 0 radical (unpaired) electrons. The summed E-state index contributed by atoms with van der Waals surface area (Å²) in [5.74, 6) is -0.647. The molecule has 0 aliphatic heterocycles. The molecular formula is C17H12FN3O. The van der Waals surface area contributed by atoms with Crippen LogP contribution in [0.2, 0.25) is 0 Å². The number of rotatable bonds is 3. The fraction of sp³-hybridized carbons (Fsp3) is 0. The normalized spacial score (nSPS) is 10.2. The molecule has 108 valence electrons. The van der Waals surface area contributed by atoms with E-state index in [0.29, 0.717) is 16.9 Å². The molecule has 2 heterocycles. The molecule has 0 saturated heterocycles. The SMILES string of the molecule is O=C(Nc1ccc(F)cc1)c1ccc(-c2ccccn2)nc1. The van der Waals surface area contributed by atoms with E-state index in [0.717, 1.165) is 5.69 Å². The first-order valence-corrected chi connectivity index (χ1v) is 6.67. The Morgan fingerprint density at radius 3 is 2.32 bits per heavy atom. The van der Waals surface area contributed by atoms with Gasteiger partial charge in [-0.1, -0.05) is 6.07 Å². The molecule has 0 saturated carbocycles. The third kappa shape index (κ3) is 3.15. The van der Waals surface area contributed by atoms with Crippen LogP contribution in [0, 0.1) is 5.82 Å². The van der Waals surface area contributed by atoms with E-state index in [1.807, 2.05) is 18.2 Å². The monoisotopic (exact) mass is 293 g/mol. The quantitative estimate of drug-likeness (QED) is 0.803. The molecule has 22 heavy (non-hydrogen) atoms. The zero-order chi connectivity index (χ0) is 15.4. The van der Waals surface area contributed by atoms with Crippen molar-refractivity contribution in [1.29, 1.82) is 0 Å². The number of hydrogen-bond donors (Lipinski definition) is 1. The van der Waals surface area contributed by atoms with Gasteiger partial charge in [0.2, 0.25) is 0 Å². The van der Waals surface area contributed by atoms with Crippen molar-refractivity contribution in [3.63, 3.8) is 0 Å². The average molecular weight is 293 g/mol. The molecule has 0 unspecified atom stereocenters. The van der Waals surface area contributed by atoms with Crippen molar-refractivity contribution in [3.8, 4) is 11.4 Å². The smallest absolute Gasteiger partial charge is 0.257 e. The number of halogens is 1. The maximum atomic E-state index is 12.8. The molecule has 0 aliphatic carbocycles. The van der Waals surface area contributed by atoms with Crippen LogP contribution in [0.5, 0.6) is 0 Å². The highest BCUT2D eigenvalue weighted by Gasteiger charge is 2.08. The number of pyridine rings is 2. The predicted octanol–water partition coefficient (Wildman–Crippen LogP) is 3.54. The highest BCUT2D eigenvalue weighted by Crippen LogP contribution is 2.15. The minimum atomic E-state index is -0.348. The Hall–Kier alpha value is -3.08. The third-order valence-corrected chi connectivity index (χ3v) is 3.06. The van der Waals surface area contributed by atoms with Crippen molar-refractivity contribution in [2.45, 2.75) is 0 Å². The molecule has 0 fully saturated rings. The second kappa shape index (κ2) is 6.13. The van der Waals surface area contributed by atoms with Gasteiger partial charge in [0.05, 0.1) is 17.0 Å². The van der Waals surface area contributed by atoms with Crippen LogP contribution < -0.4 is 5.32 Å². The average Bonchev–Trinajstić information content (AvgIpc) is 2.58. The Labute approximate surface area is 126 Å². The van der Waals surface area contributed by atoms with Crippen molar-refractivity contribution in [3.05, 3.63) is 78.4 Å². The Kier molecular flexibility index (Phi) is 3.87. The number of nitrogens with zero attached hydrogens (tertiary/aromatic N) is 2. The number of hydrogen-bond acceptors (Lipinski definition) is 3. The standard InChI is InChI=1S/C17H12FN3O/c18-13-5-7-14(8-6-13)21-17(22)12-4-9-16(20-11-12)15-3-1-2-10-19-15/h1-11H,(H,21,22). The molecule has 3 rings (SSSR count). The molecule has 3 aromatic rings. The lowest BCUT2D eigenvalue weighted by molar-refractivity contribution is 0.102. The number of carbonyl (C=O) groups excluding carboxylic acids is 1. The first-order valence-electron chi connectivity index (χ1n) is 6.67. The third-order valence-electron chi connectivity index (χ3n) is 3.06. The van der Waals surface area contributed by atoms with Crippen LogP contribution in [-0.2, 0) is 0 Å². The molecule has 0 spiro atoms. The molecule has 5 heteroatoms. The summed E-state index contributed by atoms with van der Waals surface area (Å²) in [6.07, 6.45) is 3.18. The second-order valence-electron chi connectivity index (χ2n) is 4.61. The van der Waals surface area contributed by atoms with Gasteiger partial charge in [-0.25, -0.2) is 4.39 Å². The largest absolute Gasteiger partial charge is 0.322 e. The summed E-state index contributed by atoms with van der Waals surface area (Å²) in [6, 6.07) is 14.5. The number of carbonyl (C=O) groups is 1. The predicted molar refractivity (Wildman–Crippen MR) is 81.8 cm³/mol. The summed E-state index contributed by atoms with van der Waals surface area (Å²) in [4.78, 5) is 20.5. The lowest BCUT2D eigenvalue weighted by atomic mass is 10.2. The molecule has 0 bridgehead atoms. The Morgan fingerprint density at radius 2 is 1.68 bits per heavy atom. The summed E-state index contributed by atoms with van der Waals surface area (Å²) in [6.45, 7) is 0. The molecule has 0 atom stereocenters. The first kappa shape index (κ1) is 13.9. The minimum Gasteiger partial charge on any atom is -0.322 e. The van der Waals surface area contributed by atoms with Gasteiger partial charge in [0.25, 0.3) is 5.91 Å². The van der Waals surface area contributed by atoms with Crippen molar-refractivity contribution < 1.29 is 9.18 Å². The number of nitrogens with one attached hydrogen (secondary N) is 1. The summed E-state index contributed by atoms with van der Waals surface area (Å²) >= 11 is 0. The van der Waals surface area contributed by atoms with Crippen LogP contribution in [0.25, 0.3) is 11.4 Å². The fourth-order valence-corrected chi connectivity index (χ4v) is 1.93. The summed E-state index contributed by atoms with van der Waals surface area (Å²) in [5.41, 5.74) is 2.39. The fourth-order valence-electron chi connectivity index (χ4n) is 1.93. The molecular weight excluding hydrogens is 281 g/mol. The van der Waals surface area contributed by atoms with E-state index < -0.39 is 0 Å². The highest BCUT2D eigenvalue weighted by molar-refractivity contribution is 6.04. The zero-order valence-corrected chi connectivity index (χ0v) is 11.5. The van der Waals surface area contributed by atoms with Crippen LogP contribution in [0.15, 0.2) is 67.0 Å². The van der Waals surface area contributed by atoms with E-state index in [1.54, 1.807) is 18.3 Å². The van der Waals surface area contributed by atoms with Gasteiger partial charge in [0, 0.05) is 18.1 Å². The van der Waals surface area contributed by atoms with E-state index in [9.17, 15) is 9.18 Å². The van der Waals surface area contributed by atoms with Crippen molar-refractivity contribution in [2.75, 3.05) is 5.32 Å². The lowest BCUT2D eigenvalue weighted by Crippen LogP contribution is -2.12. The number of amides is 1. The lowest BCUT2D eigenvalue weighted by Gasteiger charge is -2.05. The zero-order valence-electron chi connectivity index (χ0n) is 11.5. The van der Waals surface area contributed by atoms with Crippen LogP contribution >= 0.6 is 0 Å². The van der Waals surface area contributed by atoms with Gasteiger partial charge in [-0.05, 0) is 48.5 Å². The number of aromatic nitrogens is 2. The minimum absolute atomic E-state index is 0.299. The summed E-state index contributed by atoms with van der Waals surface area (Å²) in [5, 5.41) is 2.68. The molecule has 2 aromatic heterocycles. The second-order valence-corrected chi connectivity index (χ2v) is 4.61. The summed E-state index contributed by atoms with van der Waals surface area (Å²) < 4.78 is 12.8. The Morgan fingerprint density at radius 1 is 0.909 bits per heavy atom. The van der Waals surface area contributed by atoms with E-state index >= 15 is 0 Å². The van der Waals surface area contributed by atoms with Crippen LogP contribution in [-0.4, -0.2) is 15.9 Å². The topological polar surface area (TPSA) is 54.9 Å². The maximum Gasteiger partial charge on any atom is 0.257 e. The van der Waals surface area contributed by atoms with E-state index in [2.05, 4.69) is 15.3 Å². The Balaban J connectivity index is 1.75. The number of anilines is 1. The molecule has 4 nitrogen and oxygen atoms in total. The number of benzene rings is 1. The van der Waals surface area contributed by atoms with Gasteiger partial charge in [-0.15, -0.1) is 0 Å². The van der Waals surface area contributed by atoms with Crippen LogP contribution in [0.1, 0.15) is 10.4 Å². The van der Waals surface area contributed by atoms with Gasteiger partial charge < -0.3 is 5.32 Å². The van der Waals surface area contributed by atoms with Gasteiger partial charge >= 0.3 is 0 Å². The van der Waals surface area contributed by atoms with Gasteiger partial charge in [-0.3, -0.25) is 14.8 Å². The van der Waals surface area contributed by atoms with Crippen molar-refractivity contribution >= 4 is 11.6 Å². The van der Waals surface area contributed by atoms with Crippen molar-refractivity contribution in [1.82, 2.24) is 9.97 Å². The molecule has 1 aromatic carbocycles. The van der Waals surface area contributed by atoms with E-state index in [-0.39, 0.29) is 11.7 Å². The molecule has 1 amide bonds. The first-order chi connectivity index (χ1) is 10.7. The van der Waals surface area contributed by atoms with Gasteiger partial charge in [0.15, 0.2) is 0 Å². The van der Waals surface area contributed by atoms with E-state index in [1.165, 1.54) is 30.5 Å².